The molecule has 2 heterocycles. The van der Waals surface area contributed by atoms with Crippen molar-refractivity contribution in [2.75, 3.05) is 13.1 Å². The largest absolute Gasteiger partial charge is 0.337 e. The van der Waals surface area contributed by atoms with E-state index in [0.29, 0.717) is 17.5 Å². The van der Waals surface area contributed by atoms with Crippen LogP contribution in [0.2, 0.25) is 0 Å². The van der Waals surface area contributed by atoms with Gasteiger partial charge in [-0.3, -0.25) is 9.89 Å². The Morgan fingerprint density at radius 2 is 2.20 bits per heavy atom. The van der Waals surface area contributed by atoms with Crippen LogP contribution in [-0.4, -0.2) is 34.1 Å². The van der Waals surface area contributed by atoms with E-state index in [1.807, 2.05) is 23.1 Å². The van der Waals surface area contributed by atoms with Gasteiger partial charge in [0.05, 0.1) is 0 Å². The molecule has 0 aliphatic carbocycles. The van der Waals surface area contributed by atoms with Gasteiger partial charge in [-0.2, -0.15) is 5.10 Å². The summed E-state index contributed by atoms with van der Waals surface area (Å²) in [6.45, 7) is 5.65. The van der Waals surface area contributed by atoms with Gasteiger partial charge in [0, 0.05) is 18.8 Å². The highest BCUT2D eigenvalue weighted by molar-refractivity contribution is 5.92. The maximum atomic E-state index is 13.8. The SMILES string of the molecule is CC(C)c1cc(C(=O)N2CCC[C@@H](CCc3ccccc3F)C2)n[nH]1. The zero-order chi connectivity index (χ0) is 17.8. The molecule has 0 spiro atoms. The van der Waals surface area contributed by atoms with Crippen LogP contribution in [0.4, 0.5) is 4.39 Å². The number of nitrogens with zero attached hydrogens (tertiary/aromatic N) is 2. The Labute approximate surface area is 148 Å². The third kappa shape index (κ3) is 4.27. The summed E-state index contributed by atoms with van der Waals surface area (Å²) in [5, 5.41) is 7.13. The lowest BCUT2D eigenvalue weighted by molar-refractivity contribution is 0.0662. The van der Waals surface area contributed by atoms with Crippen LogP contribution in [-0.2, 0) is 6.42 Å². The Kier molecular flexibility index (Phi) is 5.51. The second-order valence-electron chi connectivity index (χ2n) is 7.25. The van der Waals surface area contributed by atoms with Crippen molar-refractivity contribution in [1.29, 1.82) is 0 Å². The van der Waals surface area contributed by atoms with Gasteiger partial charge >= 0.3 is 0 Å². The van der Waals surface area contributed by atoms with Crippen LogP contribution < -0.4 is 0 Å². The van der Waals surface area contributed by atoms with Gasteiger partial charge in [-0.05, 0) is 55.2 Å². The third-order valence-corrected chi connectivity index (χ3v) is 5.02. The van der Waals surface area contributed by atoms with Gasteiger partial charge in [-0.15, -0.1) is 0 Å². The Bertz CT molecular complexity index is 725. The molecule has 1 saturated heterocycles. The van der Waals surface area contributed by atoms with Crippen molar-refractivity contribution in [1.82, 2.24) is 15.1 Å². The smallest absolute Gasteiger partial charge is 0.274 e. The Morgan fingerprint density at radius 1 is 1.40 bits per heavy atom. The number of benzene rings is 1. The second kappa shape index (κ2) is 7.81. The van der Waals surface area contributed by atoms with E-state index in [2.05, 4.69) is 24.0 Å². The molecular formula is C20H26FN3O. The Hall–Kier alpha value is -2.17. The number of aryl methyl sites for hydroxylation is 1. The van der Waals surface area contributed by atoms with Gasteiger partial charge in [-0.25, -0.2) is 4.39 Å². The molecule has 1 aromatic heterocycles. The number of rotatable bonds is 5. The molecule has 1 aliphatic rings. The number of piperidine rings is 1. The minimum atomic E-state index is -0.135. The number of aromatic nitrogens is 2. The summed E-state index contributed by atoms with van der Waals surface area (Å²) in [6, 6.07) is 8.80. The summed E-state index contributed by atoms with van der Waals surface area (Å²) >= 11 is 0. The normalized spacial score (nSPS) is 17.9. The minimum Gasteiger partial charge on any atom is -0.337 e. The maximum absolute atomic E-state index is 13.8. The van der Waals surface area contributed by atoms with Crippen molar-refractivity contribution in [2.24, 2.45) is 5.92 Å². The number of hydrogen-bond acceptors (Lipinski definition) is 2. The molecule has 1 N–H and O–H groups in total. The molecular weight excluding hydrogens is 317 g/mol. The minimum absolute atomic E-state index is 0.00117. The molecule has 2 aromatic rings. The summed E-state index contributed by atoms with van der Waals surface area (Å²) in [5.74, 6) is 0.604. The quantitative estimate of drug-likeness (QED) is 0.886. The summed E-state index contributed by atoms with van der Waals surface area (Å²) in [4.78, 5) is 14.6. The molecule has 5 heteroatoms. The number of carbonyl (C=O) groups excluding carboxylic acids is 1. The summed E-state index contributed by atoms with van der Waals surface area (Å²) in [5.41, 5.74) is 2.25. The third-order valence-electron chi connectivity index (χ3n) is 5.02. The molecule has 0 bridgehead atoms. The highest BCUT2D eigenvalue weighted by Gasteiger charge is 2.26. The molecule has 1 aromatic carbocycles. The predicted octanol–water partition coefficient (Wildman–Crippen LogP) is 4.16. The first kappa shape index (κ1) is 17.6. The average molecular weight is 343 g/mol. The zero-order valence-corrected chi connectivity index (χ0v) is 15.0. The molecule has 1 amide bonds. The lowest BCUT2D eigenvalue weighted by Gasteiger charge is -2.32. The van der Waals surface area contributed by atoms with Gasteiger partial charge in [0.15, 0.2) is 0 Å². The van der Waals surface area contributed by atoms with Crippen molar-refractivity contribution in [3.8, 4) is 0 Å². The van der Waals surface area contributed by atoms with Crippen LogP contribution in [0.15, 0.2) is 30.3 Å². The fraction of sp³-hybridized carbons (Fsp3) is 0.500. The molecule has 0 radical (unpaired) electrons. The molecule has 4 nitrogen and oxygen atoms in total. The molecule has 25 heavy (non-hydrogen) atoms. The van der Waals surface area contributed by atoms with Crippen LogP contribution in [0.1, 0.15) is 60.8 Å². The zero-order valence-electron chi connectivity index (χ0n) is 15.0. The summed E-state index contributed by atoms with van der Waals surface area (Å²) in [7, 11) is 0. The topological polar surface area (TPSA) is 49.0 Å². The van der Waals surface area contributed by atoms with Crippen LogP contribution in [0.3, 0.4) is 0 Å². The summed E-state index contributed by atoms with van der Waals surface area (Å²) in [6.07, 6.45) is 3.72. The predicted molar refractivity (Wildman–Crippen MR) is 96.0 cm³/mol. The lowest BCUT2D eigenvalue weighted by Crippen LogP contribution is -2.40. The van der Waals surface area contributed by atoms with Gasteiger partial charge in [0.25, 0.3) is 5.91 Å². The summed E-state index contributed by atoms with van der Waals surface area (Å²) < 4.78 is 13.8. The van der Waals surface area contributed by atoms with Crippen molar-refractivity contribution in [2.45, 2.75) is 45.4 Å². The van der Waals surface area contributed by atoms with Crippen molar-refractivity contribution >= 4 is 5.91 Å². The first-order chi connectivity index (χ1) is 12.0. The first-order valence-corrected chi connectivity index (χ1v) is 9.12. The Morgan fingerprint density at radius 3 is 2.92 bits per heavy atom. The van der Waals surface area contributed by atoms with Gasteiger partial charge in [0.2, 0.25) is 0 Å². The molecule has 3 rings (SSSR count). The van der Waals surface area contributed by atoms with E-state index >= 15 is 0 Å². The first-order valence-electron chi connectivity index (χ1n) is 9.12. The van der Waals surface area contributed by atoms with Crippen LogP contribution >= 0.6 is 0 Å². The number of halogens is 1. The molecule has 134 valence electrons. The number of hydrogen-bond donors (Lipinski definition) is 1. The standard InChI is InChI=1S/C20H26FN3O/c1-14(2)18-12-19(23-22-18)20(25)24-11-5-6-15(13-24)9-10-16-7-3-4-8-17(16)21/h3-4,7-8,12,14-15H,5-6,9-11,13H2,1-2H3,(H,22,23)/t15-/m0/s1. The van der Waals surface area contributed by atoms with Crippen LogP contribution in [0.5, 0.6) is 0 Å². The highest BCUT2D eigenvalue weighted by atomic mass is 19.1. The van der Waals surface area contributed by atoms with E-state index in [1.54, 1.807) is 6.07 Å². The number of carbonyl (C=O) groups is 1. The number of likely N-dealkylation sites (tertiary alicyclic amines) is 1. The molecule has 1 aliphatic heterocycles. The Balaban J connectivity index is 1.58. The highest BCUT2D eigenvalue weighted by Crippen LogP contribution is 2.24. The van der Waals surface area contributed by atoms with Gasteiger partial charge in [-0.1, -0.05) is 32.0 Å². The van der Waals surface area contributed by atoms with Crippen molar-refractivity contribution < 1.29 is 9.18 Å². The lowest BCUT2D eigenvalue weighted by atomic mass is 9.91. The van der Waals surface area contributed by atoms with Gasteiger partial charge < -0.3 is 4.90 Å². The van der Waals surface area contributed by atoms with E-state index in [-0.39, 0.29) is 11.7 Å². The fourth-order valence-corrected chi connectivity index (χ4v) is 3.45. The van der Waals surface area contributed by atoms with E-state index < -0.39 is 0 Å². The molecule has 1 atom stereocenters. The number of H-pyrrole nitrogens is 1. The fourth-order valence-electron chi connectivity index (χ4n) is 3.45. The van der Waals surface area contributed by atoms with E-state index in [9.17, 15) is 9.18 Å². The number of aromatic amines is 1. The monoisotopic (exact) mass is 343 g/mol. The van der Waals surface area contributed by atoms with Crippen LogP contribution in [0, 0.1) is 11.7 Å². The van der Waals surface area contributed by atoms with Gasteiger partial charge in [0.1, 0.15) is 11.5 Å². The second-order valence-corrected chi connectivity index (χ2v) is 7.25. The number of nitrogens with one attached hydrogen (secondary N) is 1. The maximum Gasteiger partial charge on any atom is 0.274 e. The molecule has 0 unspecified atom stereocenters. The van der Waals surface area contributed by atoms with E-state index in [4.69, 9.17) is 0 Å². The van der Waals surface area contributed by atoms with Crippen molar-refractivity contribution in [3.05, 3.63) is 53.1 Å². The number of amides is 1. The van der Waals surface area contributed by atoms with Crippen molar-refractivity contribution in [3.63, 3.8) is 0 Å². The molecule has 0 saturated carbocycles. The van der Waals surface area contributed by atoms with E-state index in [1.165, 1.54) is 6.07 Å². The van der Waals surface area contributed by atoms with Crippen LogP contribution in [0.25, 0.3) is 0 Å². The molecule has 1 fully saturated rings. The average Bonchev–Trinajstić information content (AvgIpc) is 3.11. The van der Waals surface area contributed by atoms with E-state index in [0.717, 1.165) is 50.0 Å².